The lowest BCUT2D eigenvalue weighted by Crippen LogP contribution is -2.25. The summed E-state index contributed by atoms with van der Waals surface area (Å²) in [6.45, 7) is 7.04. The van der Waals surface area contributed by atoms with E-state index >= 15 is 0 Å². The topological polar surface area (TPSA) is 0 Å². The minimum absolute atomic E-state index is 0.512. The van der Waals surface area contributed by atoms with Crippen molar-refractivity contribution in [3.05, 3.63) is 6.42 Å². The van der Waals surface area contributed by atoms with Crippen molar-refractivity contribution in [2.75, 3.05) is 0 Å². The van der Waals surface area contributed by atoms with Crippen LogP contribution in [0.5, 0.6) is 0 Å². The van der Waals surface area contributed by atoms with Crippen LogP contribution in [0.3, 0.4) is 0 Å². The fourth-order valence-corrected chi connectivity index (χ4v) is 1.47. The standard InChI is InChI=1S/C9H17/c1-8-6-4-5-7-9(8,2)3/h7-8H,4-6H2,1-3H3. The highest BCUT2D eigenvalue weighted by molar-refractivity contribution is 4.92. The third-order valence-corrected chi connectivity index (χ3v) is 2.78. The zero-order valence-corrected chi connectivity index (χ0v) is 6.78. The van der Waals surface area contributed by atoms with Gasteiger partial charge in [-0.2, -0.15) is 0 Å². The zero-order chi connectivity index (χ0) is 6.91. The normalized spacial score (nSPS) is 34.3. The van der Waals surface area contributed by atoms with Crippen molar-refractivity contribution in [2.24, 2.45) is 11.3 Å². The van der Waals surface area contributed by atoms with Gasteiger partial charge < -0.3 is 0 Å². The molecule has 0 aromatic carbocycles. The van der Waals surface area contributed by atoms with Crippen molar-refractivity contribution in [3.8, 4) is 0 Å². The van der Waals surface area contributed by atoms with Gasteiger partial charge in [-0.3, -0.25) is 0 Å². The predicted molar refractivity (Wildman–Crippen MR) is 41.1 cm³/mol. The van der Waals surface area contributed by atoms with Gasteiger partial charge in [-0.15, -0.1) is 0 Å². The van der Waals surface area contributed by atoms with Gasteiger partial charge in [0, 0.05) is 0 Å². The lowest BCUT2D eigenvalue weighted by molar-refractivity contribution is 0.220. The van der Waals surface area contributed by atoms with Crippen LogP contribution >= 0.6 is 0 Å². The third-order valence-electron chi connectivity index (χ3n) is 2.78. The Bertz CT molecular complexity index is 92.2. The van der Waals surface area contributed by atoms with E-state index in [0.29, 0.717) is 5.41 Å². The van der Waals surface area contributed by atoms with Gasteiger partial charge in [0.2, 0.25) is 0 Å². The summed E-state index contributed by atoms with van der Waals surface area (Å²) in [6, 6.07) is 0. The highest BCUT2D eigenvalue weighted by Gasteiger charge is 2.28. The van der Waals surface area contributed by atoms with E-state index < -0.39 is 0 Å². The Morgan fingerprint density at radius 2 is 2.11 bits per heavy atom. The van der Waals surface area contributed by atoms with Crippen LogP contribution in [-0.4, -0.2) is 0 Å². The van der Waals surface area contributed by atoms with Gasteiger partial charge in [0.15, 0.2) is 0 Å². The second-order valence-corrected chi connectivity index (χ2v) is 3.86. The highest BCUT2D eigenvalue weighted by atomic mass is 14.3. The molecule has 1 saturated carbocycles. The van der Waals surface area contributed by atoms with Crippen molar-refractivity contribution in [2.45, 2.75) is 40.0 Å². The molecule has 1 rings (SSSR count). The molecule has 0 aliphatic heterocycles. The molecule has 1 aliphatic carbocycles. The van der Waals surface area contributed by atoms with E-state index in [9.17, 15) is 0 Å². The molecule has 0 saturated heterocycles. The molecule has 53 valence electrons. The van der Waals surface area contributed by atoms with Gasteiger partial charge in [0.25, 0.3) is 0 Å². The molecule has 1 unspecified atom stereocenters. The van der Waals surface area contributed by atoms with E-state index in [-0.39, 0.29) is 0 Å². The van der Waals surface area contributed by atoms with Crippen LogP contribution in [0.15, 0.2) is 0 Å². The van der Waals surface area contributed by atoms with Crippen molar-refractivity contribution in [3.63, 3.8) is 0 Å². The number of rotatable bonds is 0. The van der Waals surface area contributed by atoms with Gasteiger partial charge in [-0.25, -0.2) is 0 Å². The summed E-state index contributed by atoms with van der Waals surface area (Å²) in [5, 5.41) is 0. The van der Waals surface area contributed by atoms with Crippen LogP contribution < -0.4 is 0 Å². The number of hydrogen-bond acceptors (Lipinski definition) is 0. The Morgan fingerprint density at radius 1 is 1.44 bits per heavy atom. The number of hydrogen-bond donors (Lipinski definition) is 0. The maximum absolute atomic E-state index is 2.47. The summed E-state index contributed by atoms with van der Waals surface area (Å²) in [5.41, 5.74) is 0.512. The van der Waals surface area contributed by atoms with Gasteiger partial charge in [0.1, 0.15) is 0 Å². The second-order valence-electron chi connectivity index (χ2n) is 3.86. The molecule has 0 aromatic heterocycles. The molecular weight excluding hydrogens is 108 g/mol. The van der Waals surface area contributed by atoms with Crippen molar-refractivity contribution >= 4 is 0 Å². The average Bonchev–Trinajstić information content (AvgIpc) is 1.77. The van der Waals surface area contributed by atoms with Crippen molar-refractivity contribution in [1.82, 2.24) is 0 Å². The van der Waals surface area contributed by atoms with E-state index in [1.165, 1.54) is 19.3 Å². The summed E-state index contributed by atoms with van der Waals surface area (Å²) < 4.78 is 0. The molecule has 1 radical (unpaired) electrons. The summed E-state index contributed by atoms with van der Waals surface area (Å²) in [7, 11) is 0. The largest absolute Gasteiger partial charge is 0.0620 e. The Morgan fingerprint density at radius 3 is 2.44 bits per heavy atom. The molecule has 0 heterocycles. The molecule has 0 spiro atoms. The molecule has 0 bridgehead atoms. The molecule has 1 fully saturated rings. The fourth-order valence-electron chi connectivity index (χ4n) is 1.47. The van der Waals surface area contributed by atoms with Gasteiger partial charge >= 0.3 is 0 Å². The summed E-state index contributed by atoms with van der Waals surface area (Å²) in [4.78, 5) is 0. The Labute approximate surface area is 58.7 Å². The van der Waals surface area contributed by atoms with Crippen LogP contribution in [0.4, 0.5) is 0 Å². The average molecular weight is 125 g/mol. The Hall–Kier alpha value is 0. The summed E-state index contributed by atoms with van der Waals surface area (Å²) in [5.74, 6) is 0.895. The minimum atomic E-state index is 0.512. The Kier molecular flexibility index (Phi) is 1.83. The molecule has 0 heteroatoms. The maximum Gasteiger partial charge on any atom is -0.0297 e. The van der Waals surface area contributed by atoms with E-state index in [4.69, 9.17) is 0 Å². The monoisotopic (exact) mass is 125 g/mol. The molecule has 0 amide bonds. The van der Waals surface area contributed by atoms with E-state index in [2.05, 4.69) is 27.2 Å². The van der Waals surface area contributed by atoms with Crippen LogP contribution in [0.25, 0.3) is 0 Å². The van der Waals surface area contributed by atoms with Gasteiger partial charge in [-0.1, -0.05) is 33.6 Å². The first-order chi connectivity index (χ1) is 4.13. The van der Waals surface area contributed by atoms with Crippen molar-refractivity contribution in [1.29, 1.82) is 0 Å². The van der Waals surface area contributed by atoms with Crippen LogP contribution in [0, 0.1) is 17.8 Å². The van der Waals surface area contributed by atoms with E-state index in [1.54, 1.807) is 0 Å². The molecule has 0 nitrogen and oxygen atoms in total. The molecule has 0 N–H and O–H groups in total. The Balaban J connectivity index is 2.49. The fraction of sp³-hybridized carbons (Fsp3) is 0.889. The minimum Gasteiger partial charge on any atom is -0.0620 e. The zero-order valence-electron chi connectivity index (χ0n) is 6.78. The maximum atomic E-state index is 2.47. The van der Waals surface area contributed by atoms with Crippen LogP contribution in [0.1, 0.15) is 40.0 Å². The lowest BCUT2D eigenvalue weighted by atomic mass is 9.70. The first-order valence-corrected chi connectivity index (χ1v) is 3.97. The third kappa shape index (κ3) is 1.47. The first-order valence-electron chi connectivity index (χ1n) is 3.97. The van der Waals surface area contributed by atoms with Crippen LogP contribution in [-0.2, 0) is 0 Å². The molecule has 1 aliphatic rings. The highest BCUT2D eigenvalue weighted by Crippen LogP contribution is 2.38. The summed E-state index contributed by atoms with van der Waals surface area (Å²) >= 11 is 0. The molecule has 9 heavy (non-hydrogen) atoms. The van der Waals surface area contributed by atoms with Crippen molar-refractivity contribution < 1.29 is 0 Å². The molecular formula is C9H17. The second kappa shape index (κ2) is 2.32. The van der Waals surface area contributed by atoms with E-state index in [0.717, 1.165) is 5.92 Å². The van der Waals surface area contributed by atoms with E-state index in [1.807, 2.05) is 0 Å². The smallest absolute Gasteiger partial charge is 0.0297 e. The quantitative estimate of drug-likeness (QED) is 0.467. The van der Waals surface area contributed by atoms with Crippen LogP contribution in [0.2, 0.25) is 0 Å². The molecule has 1 atom stereocenters. The summed E-state index contributed by atoms with van der Waals surface area (Å²) in [6.07, 6.45) is 6.63. The first kappa shape index (κ1) is 7.11. The molecule has 0 aromatic rings. The predicted octanol–water partition coefficient (Wildman–Crippen LogP) is 3.04. The SMILES string of the molecule is CC1CCC[CH]C1(C)C. The van der Waals surface area contributed by atoms with Gasteiger partial charge in [0.05, 0.1) is 0 Å². The lowest BCUT2D eigenvalue weighted by Gasteiger charge is -2.35. The van der Waals surface area contributed by atoms with Gasteiger partial charge in [-0.05, 0) is 24.2 Å².